The molecule has 0 unspecified atom stereocenters. The van der Waals surface area contributed by atoms with Crippen LogP contribution in [0.15, 0.2) is 120 Å². The van der Waals surface area contributed by atoms with Gasteiger partial charge < -0.3 is 9.30 Å². The van der Waals surface area contributed by atoms with Crippen LogP contribution in [0, 0.1) is 0 Å². The van der Waals surface area contributed by atoms with E-state index in [2.05, 4.69) is 44.9 Å². The second-order valence-corrected chi connectivity index (χ2v) is 8.11. The van der Waals surface area contributed by atoms with Gasteiger partial charge in [-0.15, -0.1) is 0 Å². The quantitative estimate of drug-likeness (QED) is 0.187. The number of carbonyl (C=O) groups is 1. The molecule has 0 fully saturated rings. The van der Waals surface area contributed by atoms with E-state index in [1.165, 1.54) is 0 Å². The minimum absolute atomic E-state index is 0.327. The summed E-state index contributed by atoms with van der Waals surface area (Å²) in [6.07, 6.45) is 3.59. The molecule has 5 aromatic rings. The maximum Gasteiger partial charge on any atom is 0.338 e. The number of rotatable bonds is 7. The molecule has 5 heteroatoms. The highest BCUT2D eigenvalue weighted by Gasteiger charge is 2.19. The summed E-state index contributed by atoms with van der Waals surface area (Å²) in [4.78, 5) is 21.2. The van der Waals surface area contributed by atoms with Gasteiger partial charge in [-0.25, -0.2) is 14.8 Å². The predicted molar refractivity (Wildman–Crippen MR) is 144 cm³/mol. The first kappa shape index (κ1) is 23.0. The van der Waals surface area contributed by atoms with Crippen LogP contribution in [0.25, 0.3) is 28.2 Å². The number of aromatic nitrogens is 2. The lowest BCUT2D eigenvalue weighted by atomic mass is 10.1. The Labute approximate surface area is 210 Å². The van der Waals surface area contributed by atoms with E-state index in [-0.39, 0.29) is 5.97 Å². The second kappa shape index (κ2) is 10.7. The Hall–Kier alpha value is -4.77. The van der Waals surface area contributed by atoms with Crippen molar-refractivity contribution < 1.29 is 9.53 Å². The number of esters is 1. The average molecular weight is 472 g/mol. The van der Waals surface area contributed by atoms with Crippen molar-refractivity contribution >= 4 is 18.0 Å². The zero-order valence-corrected chi connectivity index (χ0v) is 19.9. The maximum absolute atomic E-state index is 12.2. The maximum atomic E-state index is 12.2. The monoisotopic (exact) mass is 471 g/mol. The molecule has 0 bridgehead atoms. The molecule has 0 saturated carbocycles. The summed E-state index contributed by atoms with van der Waals surface area (Å²) in [6, 6.07) is 35.8. The topological polar surface area (TPSA) is 56.5 Å². The molecule has 0 saturated heterocycles. The van der Waals surface area contributed by atoms with Crippen LogP contribution in [-0.4, -0.2) is 28.3 Å². The van der Waals surface area contributed by atoms with Crippen molar-refractivity contribution in [3.63, 3.8) is 0 Å². The summed E-state index contributed by atoms with van der Waals surface area (Å²) in [5, 5.41) is 0. The molecule has 176 valence electrons. The van der Waals surface area contributed by atoms with Crippen LogP contribution in [0.5, 0.6) is 0 Å². The lowest BCUT2D eigenvalue weighted by Gasteiger charge is -2.15. The van der Waals surface area contributed by atoms with Gasteiger partial charge in [0.15, 0.2) is 5.82 Å². The SMILES string of the molecule is CCOC(=O)c1ccc(-n2c(-c3ccccc3)cc(/C=N/c3ccccn3)c2-c2ccccc2)cc1. The Kier molecular flexibility index (Phi) is 6.81. The second-order valence-electron chi connectivity index (χ2n) is 8.11. The van der Waals surface area contributed by atoms with Crippen molar-refractivity contribution in [3.05, 3.63) is 127 Å². The highest BCUT2D eigenvalue weighted by atomic mass is 16.5. The van der Waals surface area contributed by atoms with E-state index in [1.54, 1.807) is 25.3 Å². The summed E-state index contributed by atoms with van der Waals surface area (Å²) in [5.41, 5.74) is 6.54. The Balaban J connectivity index is 1.72. The molecule has 0 N–H and O–H groups in total. The molecule has 36 heavy (non-hydrogen) atoms. The standard InChI is InChI=1S/C31H25N3O2/c1-2-36-31(35)25-16-18-27(19-17-25)34-28(23-11-5-3-6-12-23)21-26(22-33-29-15-9-10-20-32-29)30(34)24-13-7-4-8-14-24/h3-22H,2H2,1H3/b33-22+. The number of ether oxygens (including phenoxy) is 1. The van der Waals surface area contributed by atoms with Crippen molar-refractivity contribution in [2.75, 3.05) is 6.61 Å². The first-order valence-electron chi connectivity index (χ1n) is 11.8. The summed E-state index contributed by atoms with van der Waals surface area (Å²) in [7, 11) is 0. The number of carbonyl (C=O) groups excluding carboxylic acids is 1. The van der Waals surface area contributed by atoms with E-state index in [1.807, 2.05) is 72.9 Å². The minimum Gasteiger partial charge on any atom is -0.462 e. The first-order chi connectivity index (χ1) is 17.7. The Morgan fingerprint density at radius 1 is 0.861 bits per heavy atom. The van der Waals surface area contributed by atoms with Crippen LogP contribution in [0.3, 0.4) is 0 Å². The highest BCUT2D eigenvalue weighted by Crippen LogP contribution is 2.35. The van der Waals surface area contributed by atoms with E-state index >= 15 is 0 Å². The van der Waals surface area contributed by atoms with Crippen LogP contribution < -0.4 is 0 Å². The van der Waals surface area contributed by atoms with Crippen LogP contribution in [0.4, 0.5) is 5.82 Å². The van der Waals surface area contributed by atoms with Crippen molar-refractivity contribution in [3.8, 4) is 28.2 Å². The van der Waals surface area contributed by atoms with Crippen molar-refractivity contribution in [2.24, 2.45) is 4.99 Å². The third kappa shape index (κ3) is 4.86. The molecule has 0 aliphatic carbocycles. The number of nitrogens with zero attached hydrogens (tertiary/aromatic N) is 3. The fourth-order valence-corrected chi connectivity index (χ4v) is 4.14. The van der Waals surface area contributed by atoms with Gasteiger partial charge in [0.1, 0.15) is 0 Å². The van der Waals surface area contributed by atoms with Gasteiger partial charge in [-0.1, -0.05) is 66.7 Å². The normalized spacial score (nSPS) is 11.0. The molecule has 0 atom stereocenters. The molecule has 0 aliphatic rings. The molecular formula is C31H25N3O2. The predicted octanol–water partition coefficient (Wildman–Crippen LogP) is 7.13. The molecule has 5 rings (SSSR count). The molecular weight excluding hydrogens is 446 g/mol. The van der Waals surface area contributed by atoms with E-state index in [4.69, 9.17) is 4.74 Å². The third-order valence-electron chi connectivity index (χ3n) is 5.77. The smallest absolute Gasteiger partial charge is 0.338 e. The van der Waals surface area contributed by atoms with Gasteiger partial charge in [0.25, 0.3) is 0 Å². The van der Waals surface area contributed by atoms with Gasteiger partial charge in [-0.05, 0) is 60.5 Å². The molecule has 0 amide bonds. The highest BCUT2D eigenvalue weighted by molar-refractivity contribution is 5.95. The largest absolute Gasteiger partial charge is 0.462 e. The van der Waals surface area contributed by atoms with Gasteiger partial charge >= 0.3 is 5.97 Å². The molecule has 5 nitrogen and oxygen atoms in total. The van der Waals surface area contributed by atoms with Crippen LogP contribution in [0.1, 0.15) is 22.8 Å². The van der Waals surface area contributed by atoms with Gasteiger partial charge in [-0.2, -0.15) is 0 Å². The molecule has 0 radical (unpaired) electrons. The van der Waals surface area contributed by atoms with Crippen LogP contribution >= 0.6 is 0 Å². The Morgan fingerprint density at radius 3 is 2.17 bits per heavy atom. The van der Waals surface area contributed by atoms with E-state index in [0.717, 1.165) is 33.8 Å². The van der Waals surface area contributed by atoms with Gasteiger partial charge in [0.05, 0.1) is 23.6 Å². The van der Waals surface area contributed by atoms with E-state index in [9.17, 15) is 4.79 Å². The lowest BCUT2D eigenvalue weighted by molar-refractivity contribution is 0.0526. The summed E-state index contributed by atoms with van der Waals surface area (Å²) in [5.74, 6) is 0.315. The number of hydrogen-bond donors (Lipinski definition) is 0. The minimum atomic E-state index is -0.327. The fourth-order valence-electron chi connectivity index (χ4n) is 4.14. The number of benzene rings is 3. The Bertz CT molecular complexity index is 1470. The molecule has 0 spiro atoms. The summed E-state index contributed by atoms with van der Waals surface area (Å²) < 4.78 is 7.38. The van der Waals surface area contributed by atoms with Crippen molar-refractivity contribution in [2.45, 2.75) is 6.92 Å². The third-order valence-corrected chi connectivity index (χ3v) is 5.77. The molecule has 2 aromatic heterocycles. The van der Waals surface area contributed by atoms with E-state index in [0.29, 0.717) is 18.0 Å². The van der Waals surface area contributed by atoms with Crippen molar-refractivity contribution in [1.82, 2.24) is 9.55 Å². The first-order valence-corrected chi connectivity index (χ1v) is 11.8. The Morgan fingerprint density at radius 2 is 1.53 bits per heavy atom. The summed E-state index contributed by atoms with van der Waals surface area (Å²) in [6.45, 7) is 2.14. The van der Waals surface area contributed by atoms with Gasteiger partial charge in [0.2, 0.25) is 0 Å². The lowest BCUT2D eigenvalue weighted by Crippen LogP contribution is -2.05. The molecule has 2 heterocycles. The number of aliphatic imine (C=N–C) groups is 1. The summed E-state index contributed by atoms with van der Waals surface area (Å²) >= 11 is 0. The number of hydrogen-bond acceptors (Lipinski definition) is 4. The fraction of sp³-hybridized carbons (Fsp3) is 0.0645. The number of pyridine rings is 1. The zero-order chi connectivity index (χ0) is 24.7. The molecule has 3 aromatic carbocycles. The van der Waals surface area contributed by atoms with Crippen molar-refractivity contribution in [1.29, 1.82) is 0 Å². The average Bonchev–Trinajstić information content (AvgIpc) is 3.33. The zero-order valence-electron chi connectivity index (χ0n) is 19.9. The van der Waals surface area contributed by atoms with Crippen LogP contribution in [-0.2, 0) is 4.74 Å². The van der Waals surface area contributed by atoms with E-state index < -0.39 is 0 Å². The van der Waals surface area contributed by atoms with Crippen LogP contribution in [0.2, 0.25) is 0 Å². The van der Waals surface area contributed by atoms with Gasteiger partial charge in [-0.3, -0.25) is 0 Å². The molecule has 0 aliphatic heterocycles. The van der Waals surface area contributed by atoms with Gasteiger partial charge in [0, 0.05) is 23.7 Å².